The third-order valence-electron chi connectivity index (χ3n) is 3.21. The van der Waals surface area contributed by atoms with Gasteiger partial charge in [-0.2, -0.15) is 0 Å². The third kappa shape index (κ3) is 3.15. The Bertz CT molecular complexity index is 589. The van der Waals surface area contributed by atoms with Crippen molar-refractivity contribution < 1.29 is 13.9 Å². The highest BCUT2D eigenvalue weighted by atomic mass is 35.5. The Morgan fingerprint density at radius 2 is 1.65 bits per heavy atom. The van der Waals surface area contributed by atoms with Gasteiger partial charge in [0.2, 0.25) is 0 Å². The number of nitrogens with two attached hydrogens (primary N) is 1. The SMILES string of the molecule is NCC(c1ccc(F)cc1Cl)C(O)c1ccc(F)cc1. The molecule has 0 spiro atoms. The summed E-state index contributed by atoms with van der Waals surface area (Å²) in [6.45, 7) is 0.129. The molecule has 0 bridgehead atoms. The van der Waals surface area contributed by atoms with E-state index in [0.29, 0.717) is 11.1 Å². The van der Waals surface area contributed by atoms with Crippen molar-refractivity contribution in [1.82, 2.24) is 0 Å². The predicted octanol–water partition coefficient (Wildman–Crippen LogP) is 3.39. The van der Waals surface area contributed by atoms with Crippen LogP contribution in [0.15, 0.2) is 42.5 Å². The summed E-state index contributed by atoms with van der Waals surface area (Å²) in [6.07, 6.45) is -0.941. The minimum Gasteiger partial charge on any atom is -0.388 e. The lowest BCUT2D eigenvalue weighted by molar-refractivity contribution is 0.147. The molecule has 2 nitrogen and oxygen atoms in total. The summed E-state index contributed by atoms with van der Waals surface area (Å²) in [4.78, 5) is 0. The van der Waals surface area contributed by atoms with Crippen molar-refractivity contribution in [2.45, 2.75) is 12.0 Å². The average Bonchev–Trinajstić information content (AvgIpc) is 2.42. The van der Waals surface area contributed by atoms with Gasteiger partial charge in [0.25, 0.3) is 0 Å². The molecule has 0 aliphatic carbocycles. The lowest BCUT2D eigenvalue weighted by Crippen LogP contribution is -2.20. The number of hydrogen-bond donors (Lipinski definition) is 2. The van der Waals surface area contributed by atoms with Crippen LogP contribution in [0.2, 0.25) is 5.02 Å². The zero-order chi connectivity index (χ0) is 14.7. The molecule has 2 rings (SSSR count). The number of aliphatic hydroxyl groups is 1. The molecule has 2 aromatic rings. The van der Waals surface area contributed by atoms with Crippen LogP contribution in [0, 0.1) is 11.6 Å². The zero-order valence-electron chi connectivity index (χ0n) is 10.6. The van der Waals surface area contributed by atoms with Crippen LogP contribution in [-0.2, 0) is 0 Å². The molecular weight excluding hydrogens is 284 g/mol. The van der Waals surface area contributed by atoms with Crippen LogP contribution in [0.5, 0.6) is 0 Å². The lowest BCUT2D eigenvalue weighted by atomic mass is 9.89. The molecule has 5 heteroatoms. The number of rotatable bonds is 4. The van der Waals surface area contributed by atoms with Gasteiger partial charge < -0.3 is 10.8 Å². The molecule has 0 saturated carbocycles. The van der Waals surface area contributed by atoms with Crippen molar-refractivity contribution in [1.29, 1.82) is 0 Å². The van der Waals surface area contributed by atoms with Crippen LogP contribution in [0.3, 0.4) is 0 Å². The summed E-state index contributed by atoms with van der Waals surface area (Å²) in [7, 11) is 0. The maximum atomic E-state index is 13.1. The van der Waals surface area contributed by atoms with Crippen LogP contribution in [-0.4, -0.2) is 11.7 Å². The van der Waals surface area contributed by atoms with Crippen molar-refractivity contribution in [2.75, 3.05) is 6.54 Å². The normalized spacial score (nSPS) is 14.1. The van der Waals surface area contributed by atoms with Gasteiger partial charge in [-0.1, -0.05) is 29.8 Å². The molecule has 0 heterocycles. The predicted molar refractivity (Wildman–Crippen MR) is 74.6 cm³/mol. The molecule has 2 atom stereocenters. The smallest absolute Gasteiger partial charge is 0.124 e. The van der Waals surface area contributed by atoms with Crippen LogP contribution < -0.4 is 5.73 Å². The highest BCUT2D eigenvalue weighted by Crippen LogP contribution is 2.34. The second-order valence-corrected chi connectivity index (χ2v) is 4.91. The van der Waals surface area contributed by atoms with Gasteiger partial charge in [-0.3, -0.25) is 0 Å². The van der Waals surface area contributed by atoms with Crippen molar-refractivity contribution >= 4 is 11.6 Å². The molecule has 0 amide bonds. The minimum absolute atomic E-state index is 0.129. The van der Waals surface area contributed by atoms with E-state index in [1.54, 1.807) is 0 Å². The van der Waals surface area contributed by atoms with Crippen molar-refractivity contribution in [3.8, 4) is 0 Å². The van der Waals surface area contributed by atoms with Gasteiger partial charge in [-0.15, -0.1) is 0 Å². The van der Waals surface area contributed by atoms with E-state index in [1.165, 1.54) is 42.5 Å². The molecular formula is C15H14ClF2NO. The van der Waals surface area contributed by atoms with E-state index in [2.05, 4.69) is 0 Å². The maximum Gasteiger partial charge on any atom is 0.124 e. The molecule has 0 aliphatic rings. The van der Waals surface area contributed by atoms with E-state index >= 15 is 0 Å². The Morgan fingerprint density at radius 3 is 2.20 bits per heavy atom. The first kappa shape index (κ1) is 14.9. The molecule has 2 unspecified atom stereocenters. The van der Waals surface area contributed by atoms with E-state index in [1.807, 2.05) is 0 Å². The van der Waals surface area contributed by atoms with Gasteiger partial charge >= 0.3 is 0 Å². The van der Waals surface area contributed by atoms with Gasteiger partial charge in [-0.25, -0.2) is 8.78 Å². The van der Waals surface area contributed by atoms with Crippen molar-refractivity contribution in [3.63, 3.8) is 0 Å². The Morgan fingerprint density at radius 1 is 1.05 bits per heavy atom. The van der Waals surface area contributed by atoms with E-state index in [0.717, 1.165) is 0 Å². The summed E-state index contributed by atoms with van der Waals surface area (Å²) in [6, 6.07) is 9.44. The van der Waals surface area contributed by atoms with E-state index in [4.69, 9.17) is 17.3 Å². The number of halogens is 3. The zero-order valence-corrected chi connectivity index (χ0v) is 11.3. The van der Waals surface area contributed by atoms with Crippen LogP contribution in [0.1, 0.15) is 23.1 Å². The number of aliphatic hydroxyl groups excluding tert-OH is 1. The summed E-state index contributed by atoms with van der Waals surface area (Å²) in [5.74, 6) is -1.33. The first-order valence-electron chi connectivity index (χ1n) is 6.11. The molecule has 0 aromatic heterocycles. The monoisotopic (exact) mass is 297 g/mol. The molecule has 0 saturated heterocycles. The average molecular weight is 298 g/mol. The Balaban J connectivity index is 2.33. The maximum absolute atomic E-state index is 13.1. The Labute approximate surface area is 120 Å². The quantitative estimate of drug-likeness (QED) is 0.908. The summed E-state index contributed by atoms with van der Waals surface area (Å²) in [5.41, 5.74) is 6.79. The van der Waals surface area contributed by atoms with E-state index in [9.17, 15) is 13.9 Å². The minimum atomic E-state index is -0.941. The lowest BCUT2D eigenvalue weighted by Gasteiger charge is -2.23. The fraction of sp³-hybridized carbons (Fsp3) is 0.200. The van der Waals surface area contributed by atoms with Crippen LogP contribution in [0.25, 0.3) is 0 Å². The fourth-order valence-corrected chi connectivity index (χ4v) is 2.43. The first-order chi connectivity index (χ1) is 9.52. The Kier molecular flexibility index (Phi) is 4.70. The second-order valence-electron chi connectivity index (χ2n) is 4.50. The molecule has 0 aliphatic heterocycles. The van der Waals surface area contributed by atoms with Crippen LogP contribution >= 0.6 is 11.6 Å². The van der Waals surface area contributed by atoms with E-state index in [-0.39, 0.29) is 17.4 Å². The van der Waals surface area contributed by atoms with Crippen molar-refractivity contribution in [3.05, 3.63) is 70.2 Å². The van der Waals surface area contributed by atoms with Gasteiger partial charge in [0.15, 0.2) is 0 Å². The molecule has 106 valence electrons. The highest BCUT2D eigenvalue weighted by molar-refractivity contribution is 6.31. The molecule has 20 heavy (non-hydrogen) atoms. The van der Waals surface area contributed by atoms with E-state index < -0.39 is 17.8 Å². The summed E-state index contributed by atoms with van der Waals surface area (Å²) < 4.78 is 26.0. The van der Waals surface area contributed by atoms with Crippen LogP contribution in [0.4, 0.5) is 8.78 Å². The van der Waals surface area contributed by atoms with Gasteiger partial charge in [0.05, 0.1) is 6.10 Å². The third-order valence-corrected chi connectivity index (χ3v) is 3.54. The fourth-order valence-electron chi connectivity index (χ4n) is 2.12. The summed E-state index contributed by atoms with van der Waals surface area (Å²) in [5, 5.41) is 10.6. The summed E-state index contributed by atoms with van der Waals surface area (Å²) >= 11 is 5.99. The standard InChI is InChI=1S/C15H14ClF2NO/c16-14-7-11(18)5-6-12(14)13(8-19)15(20)9-1-3-10(17)4-2-9/h1-7,13,15,20H,8,19H2. The van der Waals surface area contributed by atoms with Gasteiger partial charge in [0, 0.05) is 17.5 Å². The Hall–Kier alpha value is -1.49. The molecule has 0 fully saturated rings. The first-order valence-corrected chi connectivity index (χ1v) is 6.49. The highest BCUT2D eigenvalue weighted by Gasteiger charge is 2.23. The van der Waals surface area contributed by atoms with Gasteiger partial charge in [-0.05, 0) is 35.4 Å². The topological polar surface area (TPSA) is 46.2 Å². The van der Waals surface area contributed by atoms with Gasteiger partial charge in [0.1, 0.15) is 11.6 Å². The molecule has 0 radical (unpaired) electrons. The number of hydrogen-bond acceptors (Lipinski definition) is 2. The second kappa shape index (κ2) is 6.31. The largest absolute Gasteiger partial charge is 0.388 e. The molecule has 2 aromatic carbocycles. The number of benzene rings is 2. The van der Waals surface area contributed by atoms with Crippen molar-refractivity contribution in [2.24, 2.45) is 5.73 Å². The molecule has 3 N–H and O–H groups in total.